The summed E-state index contributed by atoms with van der Waals surface area (Å²) in [5.74, 6) is 6.31. The van der Waals surface area contributed by atoms with Crippen LogP contribution in [0.4, 0.5) is 5.69 Å². The molecule has 1 aromatic carbocycles. The molecule has 3 nitrogen and oxygen atoms in total. The molecule has 0 aliphatic heterocycles. The Morgan fingerprint density at radius 1 is 1.47 bits per heavy atom. The molecule has 0 saturated carbocycles. The van der Waals surface area contributed by atoms with Gasteiger partial charge in [0.15, 0.2) is 0 Å². The molecule has 0 aliphatic carbocycles. The molecule has 19 heavy (non-hydrogen) atoms. The van der Waals surface area contributed by atoms with Crippen LogP contribution >= 0.6 is 0 Å². The lowest BCUT2D eigenvalue weighted by Crippen LogP contribution is -2.14. The topological polar surface area (TPSA) is 55.1 Å². The molecule has 1 atom stereocenters. The largest absolute Gasteiger partial charge is 0.326 e. The maximum Gasteiger partial charge on any atom is 0.224 e. The Bertz CT molecular complexity index is 497. The van der Waals surface area contributed by atoms with E-state index in [0.29, 0.717) is 18.9 Å². The zero-order valence-electron chi connectivity index (χ0n) is 11.9. The molecule has 0 aliphatic rings. The molecular formula is C16H22N2O. The van der Waals surface area contributed by atoms with Crippen molar-refractivity contribution in [3.63, 3.8) is 0 Å². The number of hydrogen-bond donors (Lipinski definition) is 2. The number of anilines is 1. The number of hydrogen-bond acceptors (Lipinski definition) is 2. The molecule has 1 unspecified atom stereocenters. The first-order chi connectivity index (χ1) is 9.06. The maximum atomic E-state index is 11.8. The summed E-state index contributed by atoms with van der Waals surface area (Å²) in [6.45, 7) is 6.50. The summed E-state index contributed by atoms with van der Waals surface area (Å²) in [4.78, 5) is 11.8. The van der Waals surface area contributed by atoms with Crippen molar-refractivity contribution in [2.24, 2.45) is 11.7 Å². The summed E-state index contributed by atoms with van der Waals surface area (Å²) in [7, 11) is 0. The van der Waals surface area contributed by atoms with Crippen LogP contribution in [0.1, 0.15) is 37.8 Å². The smallest absolute Gasteiger partial charge is 0.224 e. The van der Waals surface area contributed by atoms with Gasteiger partial charge in [-0.3, -0.25) is 4.79 Å². The second kappa shape index (κ2) is 7.60. The van der Waals surface area contributed by atoms with Gasteiger partial charge in [0, 0.05) is 17.7 Å². The van der Waals surface area contributed by atoms with Crippen LogP contribution in [0.25, 0.3) is 0 Å². The van der Waals surface area contributed by atoms with Crippen LogP contribution in [0.2, 0.25) is 0 Å². The first-order valence-corrected chi connectivity index (χ1v) is 6.66. The van der Waals surface area contributed by atoms with Gasteiger partial charge in [0.05, 0.1) is 6.54 Å². The zero-order valence-corrected chi connectivity index (χ0v) is 11.9. The average Bonchev–Trinajstić information content (AvgIpc) is 2.37. The first-order valence-electron chi connectivity index (χ1n) is 6.66. The Balaban J connectivity index is 2.71. The Labute approximate surface area is 115 Å². The van der Waals surface area contributed by atoms with E-state index in [2.05, 4.69) is 31.0 Å². The van der Waals surface area contributed by atoms with E-state index >= 15 is 0 Å². The van der Waals surface area contributed by atoms with Crippen LogP contribution in [0, 0.1) is 24.7 Å². The SMILES string of the molecule is CCC(C)CC(=O)Nc1ccc(C#CCN)c(C)c1. The van der Waals surface area contributed by atoms with Gasteiger partial charge < -0.3 is 11.1 Å². The van der Waals surface area contributed by atoms with Crippen molar-refractivity contribution in [2.45, 2.75) is 33.6 Å². The van der Waals surface area contributed by atoms with Gasteiger partial charge in [-0.25, -0.2) is 0 Å². The molecule has 0 aromatic heterocycles. The molecule has 0 heterocycles. The molecule has 1 rings (SSSR count). The average molecular weight is 258 g/mol. The zero-order chi connectivity index (χ0) is 14.3. The van der Waals surface area contributed by atoms with Crippen LogP contribution in [-0.2, 0) is 4.79 Å². The third-order valence-corrected chi connectivity index (χ3v) is 3.07. The number of nitrogens with one attached hydrogen (secondary N) is 1. The minimum Gasteiger partial charge on any atom is -0.326 e. The summed E-state index contributed by atoms with van der Waals surface area (Å²) in [5.41, 5.74) is 8.17. The number of nitrogens with two attached hydrogens (primary N) is 1. The fraction of sp³-hybridized carbons (Fsp3) is 0.438. The number of rotatable bonds is 4. The third kappa shape index (κ3) is 5.15. The first kappa shape index (κ1) is 15.3. The number of amides is 1. The van der Waals surface area contributed by atoms with Gasteiger partial charge in [0.25, 0.3) is 0 Å². The number of carbonyl (C=O) groups is 1. The van der Waals surface area contributed by atoms with Crippen LogP contribution in [-0.4, -0.2) is 12.5 Å². The van der Waals surface area contributed by atoms with Crippen LogP contribution in [0.5, 0.6) is 0 Å². The molecule has 0 spiro atoms. The van der Waals surface area contributed by atoms with Crippen molar-refractivity contribution >= 4 is 11.6 Å². The molecule has 1 amide bonds. The predicted molar refractivity (Wildman–Crippen MR) is 79.8 cm³/mol. The highest BCUT2D eigenvalue weighted by atomic mass is 16.1. The standard InChI is InChI=1S/C16H22N2O/c1-4-12(2)10-16(19)18-15-8-7-14(6-5-9-17)13(3)11-15/h7-8,11-12H,4,9-10,17H2,1-3H3,(H,18,19). The van der Waals surface area contributed by atoms with Gasteiger partial charge in [-0.15, -0.1) is 0 Å². The lowest BCUT2D eigenvalue weighted by atomic mass is 10.0. The summed E-state index contributed by atoms with van der Waals surface area (Å²) >= 11 is 0. The molecule has 1 aromatic rings. The molecule has 3 heteroatoms. The quantitative estimate of drug-likeness (QED) is 0.816. The second-order valence-electron chi connectivity index (χ2n) is 4.80. The maximum absolute atomic E-state index is 11.8. The predicted octanol–water partition coefficient (Wildman–Crippen LogP) is 2.68. The fourth-order valence-corrected chi connectivity index (χ4v) is 1.70. The van der Waals surface area contributed by atoms with Crippen LogP contribution in [0.15, 0.2) is 18.2 Å². The fourth-order valence-electron chi connectivity index (χ4n) is 1.70. The molecular weight excluding hydrogens is 236 g/mol. The Morgan fingerprint density at radius 3 is 2.79 bits per heavy atom. The molecule has 102 valence electrons. The normalized spacial score (nSPS) is 11.4. The van der Waals surface area contributed by atoms with Crippen molar-refractivity contribution in [3.05, 3.63) is 29.3 Å². The van der Waals surface area contributed by atoms with E-state index in [9.17, 15) is 4.79 Å². The summed E-state index contributed by atoms with van der Waals surface area (Å²) in [6.07, 6.45) is 1.57. The van der Waals surface area contributed by atoms with Crippen molar-refractivity contribution < 1.29 is 4.79 Å². The number of carbonyl (C=O) groups excluding carboxylic acids is 1. The van der Waals surface area contributed by atoms with Crippen LogP contribution < -0.4 is 11.1 Å². The highest BCUT2D eigenvalue weighted by Gasteiger charge is 2.08. The Hall–Kier alpha value is -1.79. The van der Waals surface area contributed by atoms with E-state index in [1.54, 1.807) is 0 Å². The van der Waals surface area contributed by atoms with Crippen molar-refractivity contribution in [1.82, 2.24) is 0 Å². The molecule has 0 fully saturated rings. The Morgan fingerprint density at radius 2 is 2.21 bits per heavy atom. The van der Waals surface area contributed by atoms with Gasteiger partial charge >= 0.3 is 0 Å². The molecule has 0 bridgehead atoms. The van der Waals surface area contributed by atoms with E-state index in [0.717, 1.165) is 23.2 Å². The molecule has 0 saturated heterocycles. The minimum absolute atomic E-state index is 0.0644. The second-order valence-corrected chi connectivity index (χ2v) is 4.80. The number of benzene rings is 1. The van der Waals surface area contributed by atoms with Crippen molar-refractivity contribution in [1.29, 1.82) is 0 Å². The van der Waals surface area contributed by atoms with Gasteiger partial charge in [0.1, 0.15) is 0 Å². The highest BCUT2D eigenvalue weighted by Crippen LogP contribution is 2.16. The van der Waals surface area contributed by atoms with Crippen LogP contribution in [0.3, 0.4) is 0 Å². The van der Waals surface area contributed by atoms with Gasteiger partial charge in [-0.2, -0.15) is 0 Å². The van der Waals surface area contributed by atoms with E-state index in [4.69, 9.17) is 5.73 Å². The number of aryl methyl sites for hydroxylation is 1. The lowest BCUT2D eigenvalue weighted by Gasteiger charge is -2.10. The minimum atomic E-state index is 0.0644. The third-order valence-electron chi connectivity index (χ3n) is 3.07. The van der Waals surface area contributed by atoms with Crippen molar-refractivity contribution in [2.75, 3.05) is 11.9 Å². The Kier molecular flexibility index (Phi) is 6.11. The summed E-state index contributed by atoms with van der Waals surface area (Å²) in [6, 6.07) is 5.73. The lowest BCUT2D eigenvalue weighted by molar-refractivity contribution is -0.117. The van der Waals surface area contributed by atoms with Gasteiger partial charge in [0.2, 0.25) is 5.91 Å². The van der Waals surface area contributed by atoms with E-state index in [1.807, 2.05) is 25.1 Å². The van der Waals surface area contributed by atoms with E-state index in [-0.39, 0.29) is 5.91 Å². The van der Waals surface area contributed by atoms with E-state index < -0.39 is 0 Å². The monoisotopic (exact) mass is 258 g/mol. The highest BCUT2D eigenvalue weighted by molar-refractivity contribution is 5.91. The molecule has 0 radical (unpaired) electrons. The van der Waals surface area contributed by atoms with Crippen molar-refractivity contribution in [3.8, 4) is 11.8 Å². The molecule has 3 N–H and O–H groups in total. The van der Waals surface area contributed by atoms with Gasteiger partial charge in [-0.05, 0) is 36.6 Å². The van der Waals surface area contributed by atoms with Gasteiger partial charge in [-0.1, -0.05) is 32.1 Å². The summed E-state index contributed by atoms with van der Waals surface area (Å²) < 4.78 is 0. The van der Waals surface area contributed by atoms with E-state index in [1.165, 1.54) is 0 Å². The summed E-state index contributed by atoms with van der Waals surface area (Å²) in [5, 5.41) is 2.92.